The molecule has 1 aromatic carbocycles. The molecule has 0 atom stereocenters. The standard InChI is InChI=1S/C14H11FN4O2/c1-7-4-9(15)12(16-6-7)13(20)17-8-2-3-10-11(5-8)19-14(21)18-10/h2-6H,1H3,(H,17,20)(H2,18,19,21). The topological polar surface area (TPSA) is 90.6 Å². The zero-order valence-corrected chi connectivity index (χ0v) is 11.0. The molecule has 3 aromatic rings. The molecule has 3 N–H and O–H groups in total. The van der Waals surface area contributed by atoms with Gasteiger partial charge in [-0.25, -0.2) is 14.2 Å². The molecule has 0 spiro atoms. The molecule has 7 heteroatoms. The number of H-pyrrole nitrogens is 2. The molecule has 0 bridgehead atoms. The van der Waals surface area contributed by atoms with E-state index in [1.54, 1.807) is 25.1 Å². The SMILES string of the molecule is Cc1cnc(C(=O)Nc2ccc3[nH]c(=O)[nH]c3c2)c(F)c1. The van der Waals surface area contributed by atoms with Gasteiger partial charge in [-0.15, -0.1) is 0 Å². The van der Waals surface area contributed by atoms with E-state index in [2.05, 4.69) is 20.3 Å². The van der Waals surface area contributed by atoms with Crippen molar-refractivity contribution in [1.29, 1.82) is 0 Å². The lowest BCUT2D eigenvalue weighted by atomic mass is 10.2. The van der Waals surface area contributed by atoms with E-state index in [0.29, 0.717) is 22.3 Å². The zero-order chi connectivity index (χ0) is 15.0. The van der Waals surface area contributed by atoms with Gasteiger partial charge in [0.1, 0.15) is 0 Å². The summed E-state index contributed by atoms with van der Waals surface area (Å²) in [5.74, 6) is -1.33. The average molecular weight is 286 g/mol. The van der Waals surface area contributed by atoms with Crippen LogP contribution in [-0.2, 0) is 0 Å². The van der Waals surface area contributed by atoms with Crippen LogP contribution in [0.25, 0.3) is 11.0 Å². The Morgan fingerprint density at radius 2 is 2.00 bits per heavy atom. The van der Waals surface area contributed by atoms with E-state index in [1.165, 1.54) is 12.3 Å². The van der Waals surface area contributed by atoms with Crippen molar-refractivity contribution in [3.05, 3.63) is 58.0 Å². The van der Waals surface area contributed by atoms with Gasteiger partial charge in [0.05, 0.1) is 11.0 Å². The Morgan fingerprint density at radius 1 is 1.24 bits per heavy atom. The van der Waals surface area contributed by atoms with Crippen LogP contribution in [0.2, 0.25) is 0 Å². The molecule has 1 amide bonds. The van der Waals surface area contributed by atoms with Crippen molar-refractivity contribution in [1.82, 2.24) is 15.0 Å². The maximum Gasteiger partial charge on any atom is 0.323 e. The first-order valence-electron chi connectivity index (χ1n) is 6.18. The number of aromatic nitrogens is 3. The van der Waals surface area contributed by atoms with Gasteiger partial charge in [-0.1, -0.05) is 0 Å². The molecule has 0 radical (unpaired) electrons. The summed E-state index contributed by atoms with van der Waals surface area (Å²) in [4.78, 5) is 32.1. The predicted octanol–water partition coefficient (Wildman–Crippen LogP) is 1.95. The normalized spacial score (nSPS) is 10.8. The number of hydrogen-bond donors (Lipinski definition) is 3. The smallest absolute Gasteiger partial charge is 0.320 e. The molecule has 0 saturated carbocycles. The molecular weight excluding hydrogens is 275 g/mol. The van der Waals surface area contributed by atoms with Gasteiger partial charge < -0.3 is 15.3 Å². The van der Waals surface area contributed by atoms with Crippen LogP contribution in [-0.4, -0.2) is 20.9 Å². The molecule has 3 rings (SSSR count). The number of imidazole rings is 1. The first-order chi connectivity index (χ1) is 10.0. The molecule has 21 heavy (non-hydrogen) atoms. The number of pyridine rings is 1. The highest BCUT2D eigenvalue weighted by Crippen LogP contribution is 2.16. The minimum atomic E-state index is -0.677. The van der Waals surface area contributed by atoms with Crippen LogP contribution >= 0.6 is 0 Å². The lowest BCUT2D eigenvalue weighted by molar-refractivity contribution is 0.101. The number of fused-ring (bicyclic) bond motifs is 1. The third-order valence-corrected chi connectivity index (χ3v) is 2.97. The number of aryl methyl sites for hydroxylation is 1. The zero-order valence-electron chi connectivity index (χ0n) is 11.0. The van der Waals surface area contributed by atoms with Gasteiger partial charge in [0.25, 0.3) is 5.91 Å². The number of carbonyl (C=O) groups is 1. The molecule has 0 aliphatic heterocycles. The number of halogens is 1. The van der Waals surface area contributed by atoms with Crippen LogP contribution in [0, 0.1) is 12.7 Å². The quantitative estimate of drug-likeness (QED) is 0.672. The van der Waals surface area contributed by atoms with Crippen LogP contribution in [0.3, 0.4) is 0 Å². The summed E-state index contributed by atoms with van der Waals surface area (Å²) in [5, 5.41) is 2.54. The molecule has 0 fully saturated rings. The fourth-order valence-corrected chi connectivity index (χ4v) is 2.00. The number of carbonyl (C=O) groups excluding carboxylic acids is 1. The summed E-state index contributed by atoms with van der Waals surface area (Å²) in [7, 11) is 0. The Kier molecular flexibility index (Phi) is 3.02. The van der Waals surface area contributed by atoms with Crippen LogP contribution in [0.4, 0.5) is 10.1 Å². The van der Waals surface area contributed by atoms with Crippen LogP contribution in [0.5, 0.6) is 0 Å². The molecule has 0 saturated heterocycles. The van der Waals surface area contributed by atoms with E-state index < -0.39 is 11.7 Å². The van der Waals surface area contributed by atoms with Gasteiger partial charge in [-0.2, -0.15) is 0 Å². The summed E-state index contributed by atoms with van der Waals surface area (Å²) >= 11 is 0. The summed E-state index contributed by atoms with van der Waals surface area (Å²) in [6.07, 6.45) is 1.42. The second kappa shape index (κ2) is 4.86. The van der Waals surface area contributed by atoms with Crippen molar-refractivity contribution >= 4 is 22.6 Å². The maximum absolute atomic E-state index is 13.7. The molecule has 0 aliphatic carbocycles. The largest absolute Gasteiger partial charge is 0.323 e. The van der Waals surface area contributed by atoms with Crippen molar-refractivity contribution in [2.75, 3.05) is 5.32 Å². The molecule has 2 heterocycles. The number of amides is 1. The molecule has 2 aromatic heterocycles. The molecule has 0 unspecified atom stereocenters. The summed E-state index contributed by atoms with van der Waals surface area (Å²) in [6.45, 7) is 1.69. The van der Waals surface area contributed by atoms with Crippen LogP contribution in [0.15, 0.2) is 35.3 Å². The minimum absolute atomic E-state index is 0.275. The number of aromatic amines is 2. The first-order valence-corrected chi connectivity index (χ1v) is 6.18. The average Bonchev–Trinajstić information content (AvgIpc) is 2.77. The summed E-state index contributed by atoms with van der Waals surface area (Å²) in [6, 6.07) is 6.07. The van der Waals surface area contributed by atoms with E-state index >= 15 is 0 Å². The van der Waals surface area contributed by atoms with Crippen LogP contribution < -0.4 is 11.0 Å². The van der Waals surface area contributed by atoms with Crippen molar-refractivity contribution in [3.8, 4) is 0 Å². The van der Waals surface area contributed by atoms with Crippen LogP contribution in [0.1, 0.15) is 16.1 Å². The Balaban J connectivity index is 1.90. The van der Waals surface area contributed by atoms with Gasteiger partial charge in [0.2, 0.25) is 0 Å². The molecule has 6 nitrogen and oxygen atoms in total. The monoisotopic (exact) mass is 286 g/mol. The van der Waals surface area contributed by atoms with E-state index in [-0.39, 0.29) is 11.4 Å². The number of benzene rings is 1. The van der Waals surface area contributed by atoms with Crippen molar-refractivity contribution in [3.63, 3.8) is 0 Å². The van der Waals surface area contributed by atoms with Gasteiger partial charge >= 0.3 is 5.69 Å². The highest BCUT2D eigenvalue weighted by molar-refractivity contribution is 6.03. The highest BCUT2D eigenvalue weighted by atomic mass is 19.1. The molecular formula is C14H11FN4O2. The number of anilines is 1. The minimum Gasteiger partial charge on any atom is -0.320 e. The lowest BCUT2D eigenvalue weighted by Crippen LogP contribution is -2.15. The van der Waals surface area contributed by atoms with E-state index in [4.69, 9.17) is 0 Å². The second-order valence-electron chi connectivity index (χ2n) is 4.64. The van der Waals surface area contributed by atoms with E-state index in [9.17, 15) is 14.0 Å². The Bertz CT molecular complexity index is 897. The third kappa shape index (κ3) is 2.53. The molecule has 0 aliphatic rings. The Hall–Kier alpha value is -2.96. The maximum atomic E-state index is 13.7. The summed E-state index contributed by atoms with van der Waals surface area (Å²) < 4.78 is 13.7. The van der Waals surface area contributed by atoms with Gasteiger partial charge in [0, 0.05) is 11.9 Å². The van der Waals surface area contributed by atoms with E-state index in [1.807, 2.05) is 0 Å². The number of rotatable bonds is 2. The van der Waals surface area contributed by atoms with Gasteiger partial charge in [-0.05, 0) is 36.8 Å². The van der Waals surface area contributed by atoms with Crippen molar-refractivity contribution in [2.45, 2.75) is 6.92 Å². The highest BCUT2D eigenvalue weighted by Gasteiger charge is 2.14. The van der Waals surface area contributed by atoms with E-state index in [0.717, 1.165) is 0 Å². The Morgan fingerprint density at radius 3 is 2.76 bits per heavy atom. The number of nitrogens with zero attached hydrogens (tertiary/aromatic N) is 1. The van der Waals surface area contributed by atoms with Gasteiger partial charge in [0.15, 0.2) is 11.5 Å². The number of nitrogens with one attached hydrogen (secondary N) is 3. The fourth-order valence-electron chi connectivity index (χ4n) is 2.00. The fraction of sp³-hybridized carbons (Fsp3) is 0.0714. The number of hydrogen-bond acceptors (Lipinski definition) is 3. The lowest BCUT2D eigenvalue weighted by Gasteiger charge is -2.06. The molecule has 106 valence electrons. The van der Waals surface area contributed by atoms with Crippen molar-refractivity contribution < 1.29 is 9.18 Å². The summed E-state index contributed by atoms with van der Waals surface area (Å²) in [5.41, 5.74) is 1.63. The van der Waals surface area contributed by atoms with Gasteiger partial charge in [-0.3, -0.25) is 4.79 Å². The van der Waals surface area contributed by atoms with Crippen molar-refractivity contribution in [2.24, 2.45) is 0 Å². The second-order valence-corrected chi connectivity index (χ2v) is 4.64. The Labute approximate surface area is 118 Å². The first kappa shape index (κ1) is 13.0. The third-order valence-electron chi connectivity index (χ3n) is 2.97. The predicted molar refractivity (Wildman–Crippen MR) is 75.8 cm³/mol.